The van der Waals surface area contributed by atoms with Crippen LogP contribution >= 0.6 is 0 Å². The zero-order chi connectivity index (χ0) is 20.3. The Balaban J connectivity index is 1.69. The van der Waals surface area contributed by atoms with Crippen LogP contribution in [0.5, 0.6) is 5.75 Å². The van der Waals surface area contributed by atoms with Crippen molar-refractivity contribution in [2.75, 3.05) is 18.1 Å². The van der Waals surface area contributed by atoms with E-state index >= 15 is 0 Å². The Kier molecular flexibility index (Phi) is 5.66. The molecule has 0 spiro atoms. The van der Waals surface area contributed by atoms with E-state index in [9.17, 15) is 18.0 Å². The van der Waals surface area contributed by atoms with Crippen LogP contribution in [0.4, 0.5) is 5.69 Å². The Hall–Kier alpha value is -2.91. The molecule has 0 aliphatic carbocycles. The molecule has 1 heterocycles. The molecule has 0 saturated carbocycles. The van der Waals surface area contributed by atoms with E-state index in [0.717, 1.165) is 0 Å². The molecule has 2 aromatic carbocycles. The van der Waals surface area contributed by atoms with Crippen molar-refractivity contribution in [1.29, 1.82) is 0 Å². The van der Waals surface area contributed by atoms with Crippen LogP contribution in [0.1, 0.15) is 23.7 Å². The molecule has 0 aromatic heterocycles. The van der Waals surface area contributed by atoms with Crippen LogP contribution in [-0.4, -0.2) is 44.6 Å². The number of aromatic carboxylic acids is 1. The molecule has 3 rings (SSSR count). The summed E-state index contributed by atoms with van der Waals surface area (Å²) in [5, 5.41) is 8.91. The molecule has 1 aliphatic heterocycles. The van der Waals surface area contributed by atoms with E-state index < -0.39 is 22.0 Å². The zero-order valence-corrected chi connectivity index (χ0v) is 16.0. The van der Waals surface area contributed by atoms with Crippen LogP contribution in [0.25, 0.3) is 0 Å². The van der Waals surface area contributed by atoms with Gasteiger partial charge in [-0.05, 0) is 55.5 Å². The molecule has 1 amide bonds. The number of carbonyl (C=O) groups is 2. The van der Waals surface area contributed by atoms with E-state index in [0.29, 0.717) is 18.0 Å². The molecule has 9 heteroatoms. The number of carboxylic acid groups (broad SMARTS) is 1. The molecule has 1 saturated heterocycles. The Morgan fingerprint density at radius 2 is 1.82 bits per heavy atom. The van der Waals surface area contributed by atoms with Crippen LogP contribution < -0.4 is 14.4 Å². The van der Waals surface area contributed by atoms with Crippen LogP contribution in [0.2, 0.25) is 0 Å². The average molecular weight is 404 g/mol. The van der Waals surface area contributed by atoms with E-state index in [-0.39, 0.29) is 29.3 Å². The molecular weight excluding hydrogens is 384 g/mol. The fourth-order valence-corrected chi connectivity index (χ4v) is 4.22. The fraction of sp³-hybridized carbons (Fsp3) is 0.263. The number of nitrogens with one attached hydrogen (secondary N) is 1. The molecule has 8 nitrogen and oxygen atoms in total. The van der Waals surface area contributed by atoms with Gasteiger partial charge in [0.25, 0.3) is 0 Å². The van der Waals surface area contributed by atoms with Crippen molar-refractivity contribution in [3.8, 4) is 5.75 Å². The van der Waals surface area contributed by atoms with Gasteiger partial charge < -0.3 is 14.7 Å². The van der Waals surface area contributed by atoms with Crippen molar-refractivity contribution in [2.24, 2.45) is 0 Å². The number of anilines is 1. The topological polar surface area (TPSA) is 113 Å². The number of benzene rings is 2. The highest BCUT2D eigenvalue weighted by molar-refractivity contribution is 7.89. The quantitative estimate of drug-likeness (QED) is 0.728. The Morgan fingerprint density at radius 3 is 2.39 bits per heavy atom. The number of rotatable bonds is 7. The third kappa shape index (κ3) is 4.32. The predicted octanol–water partition coefficient (Wildman–Crippen LogP) is 1.87. The second kappa shape index (κ2) is 7.99. The highest BCUT2D eigenvalue weighted by Crippen LogP contribution is 2.25. The summed E-state index contributed by atoms with van der Waals surface area (Å²) in [6.07, 6.45) is 0.0413. The first-order valence-electron chi connectivity index (χ1n) is 8.69. The van der Waals surface area contributed by atoms with Crippen LogP contribution in [0.3, 0.4) is 0 Å². The van der Waals surface area contributed by atoms with E-state index in [4.69, 9.17) is 9.84 Å². The van der Waals surface area contributed by atoms with Gasteiger partial charge in [0.15, 0.2) is 0 Å². The molecule has 1 aliphatic rings. The molecule has 2 N–H and O–H groups in total. The van der Waals surface area contributed by atoms with E-state index in [2.05, 4.69) is 4.72 Å². The summed E-state index contributed by atoms with van der Waals surface area (Å²) in [6, 6.07) is 11.4. The van der Waals surface area contributed by atoms with Crippen molar-refractivity contribution in [3.05, 3.63) is 54.1 Å². The summed E-state index contributed by atoms with van der Waals surface area (Å²) in [4.78, 5) is 24.7. The first-order valence-corrected chi connectivity index (χ1v) is 10.2. The minimum Gasteiger partial charge on any atom is -0.494 e. The van der Waals surface area contributed by atoms with Gasteiger partial charge >= 0.3 is 5.97 Å². The number of ether oxygens (including phenoxy) is 1. The largest absolute Gasteiger partial charge is 0.494 e. The molecule has 148 valence electrons. The Labute approximate surface area is 162 Å². The fourth-order valence-electron chi connectivity index (χ4n) is 2.99. The number of hydrogen-bond acceptors (Lipinski definition) is 5. The summed E-state index contributed by atoms with van der Waals surface area (Å²) in [5.41, 5.74) is 0.664. The van der Waals surface area contributed by atoms with E-state index in [1.54, 1.807) is 24.3 Å². The normalized spacial score (nSPS) is 17.0. The maximum Gasteiger partial charge on any atom is 0.335 e. The second-order valence-electron chi connectivity index (χ2n) is 6.28. The van der Waals surface area contributed by atoms with Gasteiger partial charge in [0, 0.05) is 24.7 Å². The van der Waals surface area contributed by atoms with Gasteiger partial charge in [0.2, 0.25) is 15.9 Å². The smallest absolute Gasteiger partial charge is 0.335 e. The molecule has 0 bridgehead atoms. The zero-order valence-electron chi connectivity index (χ0n) is 15.2. The average Bonchev–Trinajstić information content (AvgIpc) is 3.02. The Morgan fingerprint density at radius 1 is 1.18 bits per heavy atom. The standard InChI is InChI=1S/C19H20N2O6S/c1-2-27-16-7-5-15(6-8-16)21-12-14(11-18(21)22)20-28(25,26)17-9-3-13(4-10-17)19(23)24/h3-10,14,20H,2,11-12H2,1H3,(H,23,24). The van der Waals surface area contributed by atoms with E-state index in [1.165, 1.54) is 29.2 Å². The first kappa shape index (κ1) is 19.8. The number of sulfonamides is 1. The summed E-state index contributed by atoms with van der Waals surface area (Å²) in [6.45, 7) is 2.63. The van der Waals surface area contributed by atoms with Gasteiger partial charge in [-0.25, -0.2) is 17.9 Å². The molecular formula is C19H20N2O6S. The van der Waals surface area contributed by atoms with Gasteiger partial charge in [-0.3, -0.25) is 4.79 Å². The lowest BCUT2D eigenvalue weighted by Gasteiger charge is -2.18. The van der Waals surface area contributed by atoms with Crippen LogP contribution in [-0.2, 0) is 14.8 Å². The Bertz CT molecular complexity index is 970. The molecule has 1 fully saturated rings. The van der Waals surface area contributed by atoms with Crippen molar-refractivity contribution >= 4 is 27.6 Å². The summed E-state index contributed by atoms with van der Waals surface area (Å²) < 4.78 is 33.0. The number of carboxylic acids is 1. The van der Waals surface area contributed by atoms with Crippen LogP contribution in [0, 0.1) is 0 Å². The third-order valence-corrected chi connectivity index (χ3v) is 5.85. The number of hydrogen-bond donors (Lipinski definition) is 2. The summed E-state index contributed by atoms with van der Waals surface area (Å²) in [5.74, 6) is -0.623. The molecule has 1 atom stereocenters. The maximum atomic E-state index is 12.5. The van der Waals surface area contributed by atoms with Gasteiger partial charge in [0.1, 0.15) is 5.75 Å². The van der Waals surface area contributed by atoms with Gasteiger partial charge in [-0.2, -0.15) is 0 Å². The molecule has 28 heavy (non-hydrogen) atoms. The summed E-state index contributed by atoms with van der Waals surface area (Å²) >= 11 is 0. The minimum absolute atomic E-state index is 0.00308. The summed E-state index contributed by atoms with van der Waals surface area (Å²) in [7, 11) is -3.87. The van der Waals surface area contributed by atoms with Crippen molar-refractivity contribution in [1.82, 2.24) is 4.72 Å². The van der Waals surface area contributed by atoms with Gasteiger partial charge in [-0.1, -0.05) is 0 Å². The number of nitrogens with zero attached hydrogens (tertiary/aromatic N) is 1. The second-order valence-corrected chi connectivity index (χ2v) is 8.00. The monoisotopic (exact) mass is 404 g/mol. The van der Waals surface area contributed by atoms with Crippen molar-refractivity contribution in [2.45, 2.75) is 24.3 Å². The highest BCUT2D eigenvalue weighted by atomic mass is 32.2. The predicted molar refractivity (Wildman–Crippen MR) is 102 cm³/mol. The lowest BCUT2D eigenvalue weighted by molar-refractivity contribution is -0.117. The highest BCUT2D eigenvalue weighted by Gasteiger charge is 2.33. The van der Waals surface area contributed by atoms with Crippen molar-refractivity contribution < 1.29 is 27.9 Å². The van der Waals surface area contributed by atoms with Gasteiger partial charge in [0.05, 0.1) is 17.1 Å². The van der Waals surface area contributed by atoms with Crippen LogP contribution in [0.15, 0.2) is 53.4 Å². The molecule has 2 aromatic rings. The number of amides is 1. The SMILES string of the molecule is CCOc1ccc(N2CC(NS(=O)(=O)c3ccc(C(=O)O)cc3)CC2=O)cc1. The molecule has 1 unspecified atom stereocenters. The lowest BCUT2D eigenvalue weighted by atomic mass is 10.2. The minimum atomic E-state index is -3.87. The lowest BCUT2D eigenvalue weighted by Crippen LogP contribution is -2.37. The van der Waals surface area contributed by atoms with Gasteiger partial charge in [-0.15, -0.1) is 0 Å². The maximum absolute atomic E-state index is 12.5. The first-order chi connectivity index (χ1) is 13.3. The molecule has 0 radical (unpaired) electrons. The third-order valence-electron chi connectivity index (χ3n) is 4.32. The van der Waals surface area contributed by atoms with E-state index in [1.807, 2.05) is 6.92 Å². The van der Waals surface area contributed by atoms with Crippen molar-refractivity contribution in [3.63, 3.8) is 0 Å². The number of carbonyl (C=O) groups excluding carboxylic acids is 1.